The second-order valence-corrected chi connectivity index (χ2v) is 16.7. The largest absolute Gasteiger partial charge is 0.361 e. The van der Waals surface area contributed by atoms with E-state index in [4.69, 9.17) is 14.7 Å². The Morgan fingerprint density at radius 1 is 1.12 bits per heavy atom. The number of piperidine rings is 1. The van der Waals surface area contributed by atoms with E-state index in [9.17, 15) is 0 Å². The van der Waals surface area contributed by atoms with Crippen molar-refractivity contribution < 1.29 is 4.74 Å². The summed E-state index contributed by atoms with van der Waals surface area (Å²) in [5.74, 6) is 1.10. The first-order chi connectivity index (χ1) is 15.3. The van der Waals surface area contributed by atoms with Crippen molar-refractivity contribution in [2.24, 2.45) is 0 Å². The molecule has 32 heavy (non-hydrogen) atoms. The molecule has 0 spiro atoms. The summed E-state index contributed by atoms with van der Waals surface area (Å²) in [6.45, 7) is 10.7. The van der Waals surface area contributed by atoms with Crippen LogP contribution in [-0.4, -0.2) is 41.2 Å². The zero-order valence-electron chi connectivity index (χ0n) is 19.9. The number of imidazole rings is 1. The van der Waals surface area contributed by atoms with Crippen LogP contribution in [0.2, 0.25) is 25.7 Å². The molecule has 0 saturated carbocycles. The molecule has 1 aliphatic heterocycles. The molecule has 1 aromatic carbocycles. The van der Waals surface area contributed by atoms with Crippen LogP contribution in [0, 0.1) is 6.92 Å². The maximum atomic E-state index is 6.22. The lowest BCUT2D eigenvalue weighted by atomic mass is 9.92. The summed E-state index contributed by atoms with van der Waals surface area (Å²) >= 11 is 3.77. The fourth-order valence-electron chi connectivity index (χ4n) is 4.70. The molecule has 0 bridgehead atoms. The van der Waals surface area contributed by atoms with Gasteiger partial charge >= 0.3 is 0 Å². The smallest absolute Gasteiger partial charge is 0.129 e. The summed E-state index contributed by atoms with van der Waals surface area (Å²) in [6, 6.07) is 12.1. The van der Waals surface area contributed by atoms with Gasteiger partial charge in [-0.05, 0) is 79.0 Å². The van der Waals surface area contributed by atoms with Crippen molar-refractivity contribution in [3.8, 4) is 0 Å². The molecule has 1 fully saturated rings. The molecule has 172 valence electrons. The highest BCUT2D eigenvalue weighted by Crippen LogP contribution is 2.41. The highest BCUT2D eigenvalue weighted by atomic mass is 79.9. The predicted octanol–water partition coefficient (Wildman–Crippen LogP) is 6.71. The van der Waals surface area contributed by atoms with Crippen LogP contribution in [-0.2, 0) is 11.5 Å². The Bertz CT molecular complexity index is 1080. The Balaban J connectivity index is 1.66. The number of ether oxygens (including phenoxy) is 1. The van der Waals surface area contributed by atoms with E-state index in [0.717, 1.165) is 47.2 Å². The maximum Gasteiger partial charge on any atom is 0.129 e. The SMILES string of the molecule is Cc1cccnc1[C@@H]1CCC[C@H](c2nc3cccc(Br)c3n2COCC[Si](C)(C)C)N1C. The molecule has 0 aliphatic carbocycles. The monoisotopic (exact) mass is 514 g/mol. The van der Waals surface area contributed by atoms with Crippen molar-refractivity contribution in [2.75, 3.05) is 13.7 Å². The quantitative estimate of drug-likeness (QED) is 0.259. The molecule has 4 rings (SSSR count). The number of hydrogen-bond acceptors (Lipinski definition) is 4. The molecule has 0 unspecified atom stereocenters. The van der Waals surface area contributed by atoms with E-state index in [-0.39, 0.29) is 6.04 Å². The highest BCUT2D eigenvalue weighted by Gasteiger charge is 2.34. The fourth-order valence-corrected chi connectivity index (χ4v) is 6.02. The van der Waals surface area contributed by atoms with Crippen LogP contribution in [0.15, 0.2) is 41.0 Å². The number of aryl methyl sites for hydroxylation is 1. The van der Waals surface area contributed by atoms with Gasteiger partial charge in [0.25, 0.3) is 0 Å². The minimum absolute atomic E-state index is 0.232. The second-order valence-electron chi connectivity index (χ2n) is 10.2. The molecular weight excluding hydrogens is 480 g/mol. The van der Waals surface area contributed by atoms with Gasteiger partial charge < -0.3 is 9.30 Å². The van der Waals surface area contributed by atoms with E-state index in [2.05, 4.69) is 83.3 Å². The molecule has 0 amide bonds. The van der Waals surface area contributed by atoms with Gasteiger partial charge in [-0.25, -0.2) is 4.98 Å². The Labute approximate surface area is 201 Å². The Morgan fingerprint density at radius 3 is 2.66 bits per heavy atom. The minimum atomic E-state index is -1.13. The number of benzene rings is 1. The topological polar surface area (TPSA) is 43.2 Å². The predicted molar refractivity (Wildman–Crippen MR) is 138 cm³/mol. The third kappa shape index (κ3) is 5.01. The lowest BCUT2D eigenvalue weighted by molar-refractivity contribution is 0.0699. The summed E-state index contributed by atoms with van der Waals surface area (Å²) in [5.41, 5.74) is 4.60. The minimum Gasteiger partial charge on any atom is -0.361 e. The lowest BCUT2D eigenvalue weighted by Crippen LogP contribution is -2.35. The normalized spacial score (nSPS) is 20.2. The van der Waals surface area contributed by atoms with Crippen LogP contribution in [0.3, 0.4) is 0 Å². The number of rotatable bonds is 7. The molecule has 3 heterocycles. The number of fused-ring (bicyclic) bond motifs is 1. The summed E-state index contributed by atoms with van der Waals surface area (Å²) in [6.07, 6.45) is 5.30. The molecule has 0 radical (unpaired) electrons. The number of pyridine rings is 1. The van der Waals surface area contributed by atoms with Crippen LogP contribution >= 0.6 is 15.9 Å². The first-order valence-electron chi connectivity index (χ1n) is 11.6. The van der Waals surface area contributed by atoms with E-state index in [1.807, 2.05) is 12.3 Å². The summed E-state index contributed by atoms with van der Waals surface area (Å²) in [4.78, 5) is 12.4. The lowest BCUT2D eigenvalue weighted by Gasteiger charge is -2.39. The standard InChI is InChI=1S/C25H35BrN4OSi/c1-18-9-8-14-27-23(18)21-12-7-13-22(29(21)2)25-28-20-11-6-10-19(26)24(20)30(25)17-31-15-16-32(3,4)5/h6,8-11,14,21-22H,7,12-13,15-17H2,1-5H3/t21-,22+/m0/s1. The average molecular weight is 516 g/mol. The van der Waals surface area contributed by atoms with Crippen LogP contribution in [0.4, 0.5) is 0 Å². The van der Waals surface area contributed by atoms with Crippen molar-refractivity contribution in [1.29, 1.82) is 0 Å². The van der Waals surface area contributed by atoms with E-state index in [0.29, 0.717) is 12.8 Å². The molecule has 3 aromatic rings. The molecule has 7 heteroatoms. The average Bonchev–Trinajstić information content (AvgIpc) is 3.11. The van der Waals surface area contributed by atoms with E-state index in [1.165, 1.54) is 17.3 Å². The summed E-state index contributed by atoms with van der Waals surface area (Å²) in [5, 5.41) is 0. The van der Waals surface area contributed by atoms with Gasteiger partial charge in [-0.15, -0.1) is 0 Å². The third-order valence-corrected chi connectivity index (χ3v) is 8.91. The van der Waals surface area contributed by atoms with Crippen LogP contribution < -0.4 is 0 Å². The third-order valence-electron chi connectivity index (χ3n) is 6.57. The second kappa shape index (κ2) is 9.75. The molecule has 2 atom stereocenters. The number of hydrogen-bond donors (Lipinski definition) is 0. The Morgan fingerprint density at radius 2 is 1.91 bits per heavy atom. The number of aromatic nitrogens is 3. The van der Waals surface area contributed by atoms with Crippen LogP contribution in [0.5, 0.6) is 0 Å². The van der Waals surface area contributed by atoms with E-state index < -0.39 is 8.07 Å². The Hall–Kier alpha value is -1.54. The molecule has 0 N–H and O–H groups in total. The van der Waals surface area contributed by atoms with Gasteiger partial charge in [0.1, 0.15) is 12.6 Å². The van der Waals surface area contributed by atoms with Crippen molar-refractivity contribution >= 4 is 35.0 Å². The summed E-state index contributed by atoms with van der Waals surface area (Å²) < 4.78 is 9.58. The van der Waals surface area contributed by atoms with Crippen LogP contribution in [0.25, 0.3) is 11.0 Å². The van der Waals surface area contributed by atoms with Gasteiger partial charge in [0.2, 0.25) is 0 Å². The van der Waals surface area contributed by atoms with Crippen molar-refractivity contribution in [3.63, 3.8) is 0 Å². The van der Waals surface area contributed by atoms with Gasteiger partial charge in [-0.2, -0.15) is 0 Å². The fraction of sp³-hybridized carbons (Fsp3) is 0.520. The van der Waals surface area contributed by atoms with Crippen molar-refractivity contribution in [2.45, 2.75) is 70.7 Å². The molecule has 1 aliphatic rings. The number of nitrogens with zero attached hydrogens (tertiary/aromatic N) is 4. The van der Waals surface area contributed by atoms with E-state index >= 15 is 0 Å². The summed E-state index contributed by atoms with van der Waals surface area (Å²) in [7, 11) is 1.10. The first kappa shape index (κ1) is 23.6. The number of para-hydroxylation sites is 1. The molecule has 2 aromatic heterocycles. The molecule has 5 nitrogen and oxygen atoms in total. The van der Waals surface area contributed by atoms with Gasteiger partial charge in [0, 0.05) is 25.4 Å². The maximum absolute atomic E-state index is 6.22. The molecule has 1 saturated heterocycles. The number of likely N-dealkylation sites (tertiary alicyclic amines) is 1. The van der Waals surface area contributed by atoms with Crippen molar-refractivity contribution in [1.82, 2.24) is 19.4 Å². The van der Waals surface area contributed by atoms with E-state index in [1.54, 1.807) is 0 Å². The first-order valence-corrected chi connectivity index (χ1v) is 16.1. The highest BCUT2D eigenvalue weighted by molar-refractivity contribution is 9.10. The van der Waals surface area contributed by atoms with Gasteiger partial charge in [-0.3, -0.25) is 9.88 Å². The van der Waals surface area contributed by atoms with Gasteiger partial charge in [-0.1, -0.05) is 31.8 Å². The Kier molecular flexibility index (Phi) is 7.20. The zero-order chi connectivity index (χ0) is 22.9. The van der Waals surface area contributed by atoms with Crippen molar-refractivity contribution in [3.05, 3.63) is 58.1 Å². The van der Waals surface area contributed by atoms with Gasteiger partial charge in [0.15, 0.2) is 0 Å². The van der Waals surface area contributed by atoms with Gasteiger partial charge in [0.05, 0.1) is 28.8 Å². The zero-order valence-corrected chi connectivity index (χ0v) is 22.5. The van der Waals surface area contributed by atoms with Crippen LogP contribution in [0.1, 0.15) is 48.4 Å². The molecular formula is C25H35BrN4OSi. The number of halogens is 1.